The largest absolute Gasteiger partial charge is 0.457 e. The molecule has 3 aliphatic rings. The normalized spacial score (nSPS) is 44.3. The van der Waals surface area contributed by atoms with E-state index in [-0.39, 0.29) is 35.9 Å². The summed E-state index contributed by atoms with van der Waals surface area (Å²) in [6, 6.07) is 0. The van der Waals surface area contributed by atoms with Gasteiger partial charge in [-0.15, -0.1) is 0 Å². The second-order valence-corrected chi connectivity index (χ2v) is 10.4. The summed E-state index contributed by atoms with van der Waals surface area (Å²) in [4.78, 5) is 25.9. The Labute approximate surface area is 180 Å². The molecule has 2 aliphatic heterocycles. The van der Waals surface area contributed by atoms with Crippen molar-refractivity contribution in [1.29, 1.82) is 0 Å². The van der Waals surface area contributed by atoms with Crippen LogP contribution in [0.5, 0.6) is 0 Å². The van der Waals surface area contributed by atoms with E-state index < -0.39 is 35.4 Å². The van der Waals surface area contributed by atoms with Crippen LogP contribution in [-0.2, 0) is 19.1 Å². The van der Waals surface area contributed by atoms with Crippen LogP contribution in [0.3, 0.4) is 0 Å². The molecule has 0 aromatic heterocycles. The predicted molar refractivity (Wildman–Crippen MR) is 113 cm³/mol. The van der Waals surface area contributed by atoms with Crippen molar-refractivity contribution in [3.05, 3.63) is 12.2 Å². The number of aliphatic hydroxyl groups excluding tert-OH is 1. The highest BCUT2D eigenvalue weighted by molar-refractivity contribution is 5.85. The second kappa shape index (κ2) is 8.36. The first-order chi connectivity index (χ1) is 13.9. The zero-order valence-electron chi connectivity index (χ0n) is 19.0. The third-order valence-corrected chi connectivity index (χ3v) is 7.60. The van der Waals surface area contributed by atoms with Crippen molar-refractivity contribution in [2.45, 2.75) is 103 Å². The average Bonchev–Trinajstić information content (AvgIpc) is 2.62. The first kappa shape index (κ1) is 23.4. The molecule has 2 heterocycles. The Hall–Kier alpha value is -1.24. The van der Waals surface area contributed by atoms with Crippen LogP contribution in [0.25, 0.3) is 0 Å². The van der Waals surface area contributed by atoms with Crippen LogP contribution >= 0.6 is 0 Å². The zero-order valence-corrected chi connectivity index (χ0v) is 19.0. The fourth-order valence-electron chi connectivity index (χ4n) is 5.91. The number of hydrogen-bond donors (Lipinski definition) is 2. The van der Waals surface area contributed by atoms with Crippen LogP contribution in [0.4, 0.5) is 0 Å². The first-order valence-electron chi connectivity index (χ1n) is 11.4. The number of hydrogen-bond acceptors (Lipinski definition) is 6. The number of rotatable bonds is 4. The number of carbonyl (C=O) groups is 2. The molecule has 1 aliphatic carbocycles. The Morgan fingerprint density at radius 3 is 2.63 bits per heavy atom. The van der Waals surface area contributed by atoms with Gasteiger partial charge >= 0.3 is 5.97 Å². The molecule has 0 aromatic carbocycles. The lowest BCUT2D eigenvalue weighted by molar-refractivity contribution is -0.257. The van der Waals surface area contributed by atoms with Crippen molar-refractivity contribution in [3.63, 3.8) is 0 Å². The van der Waals surface area contributed by atoms with E-state index in [4.69, 9.17) is 9.47 Å². The number of Topliss-reactive ketones (excluding diaryl/α,β-unsaturated/α-hetero) is 1. The zero-order chi connectivity index (χ0) is 22.4. The molecule has 6 nitrogen and oxygen atoms in total. The molecule has 0 radical (unpaired) electrons. The minimum Gasteiger partial charge on any atom is -0.457 e. The maximum atomic E-state index is 13.4. The summed E-state index contributed by atoms with van der Waals surface area (Å²) in [5.41, 5.74) is -1.72. The van der Waals surface area contributed by atoms with E-state index in [1.165, 1.54) is 0 Å². The summed E-state index contributed by atoms with van der Waals surface area (Å²) in [6.45, 7) is 13.7. The first-order valence-corrected chi connectivity index (χ1v) is 11.4. The van der Waals surface area contributed by atoms with Gasteiger partial charge in [-0.2, -0.15) is 0 Å². The van der Waals surface area contributed by atoms with E-state index in [2.05, 4.69) is 20.4 Å². The average molecular weight is 423 g/mol. The van der Waals surface area contributed by atoms with Gasteiger partial charge in [0.2, 0.25) is 0 Å². The number of carbonyl (C=O) groups excluding carboxylic acids is 2. The van der Waals surface area contributed by atoms with Crippen molar-refractivity contribution in [2.75, 3.05) is 0 Å². The lowest BCUT2D eigenvalue weighted by Gasteiger charge is -2.56. The fraction of sp³-hybridized carbons (Fsp3) is 0.833. The molecule has 0 aromatic rings. The standard InChI is InChI=1S/C24H38O6/c1-7-8-19(27)30-24(6)10-9-18-23(5,28)12-17(26)20-14(4)16(25)11-15(13(2)3)21(20)22(24)29-18/h13,15-16,18,20-22,25,28H,4,7-12H2,1-3,5-6H3/t15-,16+,18-,20-,21-,22-,23-,24-/m1/s1. The van der Waals surface area contributed by atoms with Gasteiger partial charge in [0.1, 0.15) is 17.5 Å². The summed E-state index contributed by atoms with van der Waals surface area (Å²) >= 11 is 0. The van der Waals surface area contributed by atoms with Crippen molar-refractivity contribution in [3.8, 4) is 0 Å². The molecule has 2 bridgehead atoms. The van der Waals surface area contributed by atoms with Gasteiger partial charge in [-0.05, 0) is 56.9 Å². The van der Waals surface area contributed by atoms with E-state index in [1.54, 1.807) is 6.92 Å². The molecule has 30 heavy (non-hydrogen) atoms. The van der Waals surface area contributed by atoms with Gasteiger partial charge < -0.3 is 19.7 Å². The predicted octanol–water partition coefficient (Wildman–Crippen LogP) is 3.19. The molecule has 6 heteroatoms. The van der Waals surface area contributed by atoms with Crippen molar-refractivity contribution < 1.29 is 29.3 Å². The number of aliphatic hydroxyl groups is 2. The van der Waals surface area contributed by atoms with Crippen LogP contribution in [-0.4, -0.2) is 51.5 Å². The van der Waals surface area contributed by atoms with Crippen LogP contribution in [0.1, 0.15) is 73.1 Å². The highest BCUT2D eigenvalue weighted by Crippen LogP contribution is 2.52. The molecule has 2 saturated heterocycles. The molecule has 2 N–H and O–H groups in total. The molecule has 0 unspecified atom stereocenters. The summed E-state index contributed by atoms with van der Waals surface area (Å²) in [6.07, 6.45) is 0.757. The second-order valence-electron chi connectivity index (χ2n) is 10.4. The minimum atomic E-state index is -1.31. The molecule has 0 amide bonds. The maximum absolute atomic E-state index is 13.4. The van der Waals surface area contributed by atoms with E-state index in [0.717, 1.165) is 0 Å². The van der Waals surface area contributed by atoms with E-state index in [1.807, 2.05) is 13.8 Å². The SMILES string of the molecule is C=C1[C@@H]2C(=O)C[C@@](C)(O)[C@H]3CC[C@@](C)(OC(=O)CCC)[C@H](O3)[C@@H]2[C@@H](C(C)C)C[C@@H]1O. The smallest absolute Gasteiger partial charge is 0.306 e. The highest BCUT2D eigenvalue weighted by atomic mass is 16.6. The quantitative estimate of drug-likeness (QED) is 0.534. The lowest BCUT2D eigenvalue weighted by Crippen LogP contribution is -2.65. The Kier molecular flexibility index (Phi) is 6.53. The fourth-order valence-corrected chi connectivity index (χ4v) is 5.91. The van der Waals surface area contributed by atoms with Crippen molar-refractivity contribution >= 4 is 11.8 Å². The maximum Gasteiger partial charge on any atom is 0.306 e. The monoisotopic (exact) mass is 422 g/mol. The Morgan fingerprint density at radius 2 is 2.03 bits per heavy atom. The number of ether oxygens (including phenoxy) is 2. The van der Waals surface area contributed by atoms with Gasteiger partial charge in [0, 0.05) is 24.7 Å². The van der Waals surface area contributed by atoms with Gasteiger partial charge in [-0.25, -0.2) is 0 Å². The van der Waals surface area contributed by atoms with Crippen LogP contribution in [0.2, 0.25) is 0 Å². The topological polar surface area (TPSA) is 93.1 Å². The third-order valence-electron chi connectivity index (χ3n) is 7.60. The van der Waals surface area contributed by atoms with E-state index in [9.17, 15) is 19.8 Å². The summed E-state index contributed by atoms with van der Waals surface area (Å²) < 4.78 is 12.5. The molecule has 8 atom stereocenters. The third kappa shape index (κ3) is 4.11. The van der Waals surface area contributed by atoms with Crippen molar-refractivity contribution in [1.82, 2.24) is 0 Å². The lowest BCUT2D eigenvalue weighted by atomic mass is 9.57. The molecular weight excluding hydrogens is 384 g/mol. The van der Waals surface area contributed by atoms with Gasteiger partial charge in [0.25, 0.3) is 0 Å². The molecular formula is C24H38O6. The summed E-state index contributed by atoms with van der Waals surface area (Å²) in [5.74, 6) is -1.05. The molecule has 3 fully saturated rings. The van der Waals surface area contributed by atoms with Gasteiger partial charge in [0.05, 0.1) is 17.8 Å². The van der Waals surface area contributed by atoms with Gasteiger partial charge in [-0.1, -0.05) is 27.4 Å². The summed E-state index contributed by atoms with van der Waals surface area (Å²) in [7, 11) is 0. The van der Waals surface area contributed by atoms with Crippen LogP contribution < -0.4 is 0 Å². The minimum absolute atomic E-state index is 0.00968. The van der Waals surface area contributed by atoms with Crippen LogP contribution in [0, 0.1) is 23.7 Å². The molecule has 170 valence electrons. The van der Waals surface area contributed by atoms with Gasteiger partial charge in [0.15, 0.2) is 0 Å². The number of fused-ring (bicyclic) bond motifs is 4. The van der Waals surface area contributed by atoms with E-state index in [0.29, 0.717) is 37.7 Å². The number of esters is 1. The molecule has 1 saturated carbocycles. The summed E-state index contributed by atoms with van der Waals surface area (Å²) in [5, 5.41) is 21.7. The highest BCUT2D eigenvalue weighted by Gasteiger charge is 2.60. The van der Waals surface area contributed by atoms with Crippen molar-refractivity contribution in [2.24, 2.45) is 23.7 Å². The Balaban J connectivity index is 2.10. The van der Waals surface area contributed by atoms with Crippen LogP contribution in [0.15, 0.2) is 12.2 Å². The Morgan fingerprint density at radius 1 is 1.37 bits per heavy atom. The molecule has 3 rings (SSSR count). The molecule has 0 spiro atoms. The van der Waals surface area contributed by atoms with Gasteiger partial charge in [-0.3, -0.25) is 9.59 Å². The Bertz CT molecular complexity index is 698. The van der Waals surface area contributed by atoms with E-state index >= 15 is 0 Å². The number of ketones is 1.